The molecular formula is C16H20FN3O. The van der Waals surface area contributed by atoms with Crippen molar-refractivity contribution < 1.29 is 4.39 Å². The van der Waals surface area contributed by atoms with Gasteiger partial charge in [0.25, 0.3) is 5.56 Å². The SMILES string of the molecule is NCCCN(CCn1ccccc1=O)c1ccccc1F. The van der Waals surface area contributed by atoms with E-state index in [0.717, 1.165) is 6.42 Å². The molecule has 0 atom stereocenters. The minimum atomic E-state index is -0.255. The summed E-state index contributed by atoms with van der Waals surface area (Å²) < 4.78 is 15.6. The van der Waals surface area contributed by atoms with Crippen LogP contribution in [0.25, 0.3) is 0 Å². The summed E-state index contributed by atoms with van der Waals surface area (Å²) in [6.45, 7) is 2.29. The number of para-hydroxylation sites is 1. The Balaban J connectivity index is 2.12. The molecule has 0 aliphatic heterocycles. The number of benzene rings is 1. The first kappa shape index (κ1) is 15.3. The first-order valence-electron chi connectivity index (χ1n) is 7.07. The third kappa shape index (κ3) is 4.16. The van der Waals surface area contributed by atoms with Crippen LogP contribution in [0.2, 0.25) is 0 Å². The topological polar surface area (TPSA) is 51.3 Å². The van der Waals surface area contributed by atoms with Crippen molar-refractivity contribution in [3.63, 3.8) is 0 Å². The first-order chi connectivity index (χ1) is 10.2. The summed E-state index contributed by atoms with van der Waals surface area (Å²) in [5.74, 6) is -0.255. The zero-order valence-electron chi connectivity index (χ0n) is 11.9. The van der Waals surface area contributed by atoms with E-state index in [1.54, 1.807) is 29.0 Å². The minimum Gasteiger partial charge on any atom is -0.367 e. The lowest BCUT2D eigenvalue weighted by Crippen LogP contribution is -2.32. The van der Waals surface area contributed by atoms with Crippen molar-refractivity contribution >= 4 is 5.69 Å². The third-order valence-electron chi connectivity index (χ3n) is 3.34. The Morgan fingerprint density at radius 1 is 1.10 bits per heavy atom. The Morgan fingerprint density at radius 3 is 2.57 bits per heavy atom. The van der Waals surface area contributed by atoms with Gasteiger partial charge in [0.15, 0.2) is 0 Å². The zero-order valence-corrected chi connectivity index (χ0v) is 11.9. The van der Waals surface area contributed by atoms with Crippen molar-refractivity contribution in [3.05, 3.63) is 64.8 Å². The van der Waals surface area contributed by atoms with E-state index < -0.39 is 0 Å². The number of aromatic nitrogens is 1. The molecule has 1 heterocycles. The van der Waals surface area contributed by atoms with E-state index in [1.807, 2.05) is 17.0 Å². The molecule has 0 fully saturated rings. The largest absolute Gasteiger partial charge is 0.367 e. The number of nitrogens with zero attached hydrogens (tertiary/aromatic N) is 2. The van der Waals surface area contributed by atoms with Gasteiger partial charge in [0, 0.05) is 31.9 Å². The van der Waals surface area contributed by atoms with Crippen molar-refractivity contribution in [3.8, 4) is 0 Å². The first-order valence-corrected chi connectivity index (χ1v) is 7.07. The molecule has 0 amide bonds. The Bertz CT molecular complexity index is 627. The molecule has 21 heavy (non-hydrogen) atoms. The molecule has 5 heteroatoms. The molecule has 2 N–H and O–H groups in total. The average molecular weight is 289 g/mol. The number of hydrogen-bond donors (Lipinski definition) is 1. The van der Waals surface area contributed by atoms with Gasteiger partial charge < -0.3 is 15.2 Å². The highest BCUT2D eigenvalue weighted by Crippen LogP contribution is 2.18. The van der Waals surface area contributed by atoms with E-state index in [4.69, 9.17) is 5.73 Å². The second-order valence-electron chi connectivity index (χ2n) is 4.81. The van der Waals surface area contributed by atoms with Gasteiger partial charge in [-0.3, -0.25) is 4.79 Å². The minimum absolute atomic E-state index is 0.0511. The lowest BCUT2D eigenvalue weighted by molar-refractivity contribution is 0.591. The summed E-state index contributed by atoms with van der Waals surface area (Å²) in [7, 11) is 0. The maximum Gasteiger partial charge on any atom is 0.250 e. The van der Waals surface area contributed by atoms with Gasteiger partial charge in [0.05, 0.1) is 5.69 Å². The van der Waals surface area contributed by atoms with Crippen molar-refractivity contribution in [2.45, 2.75) is 13.0 Å². The average Bonchev–Trinajstić information content (AvgIpc) is 2.50. The summed E-state index contributed by atoms with van der Waals surface area (Å²) in [6.07, 6.45) is 2.52. The third-order valence-corrected chi connectivity index (χ3v) is 3.34. The molecule has 0 aliphatic carbocycles. The van der Waals surface area contributed by atoms with E-state index in [2.05, 4.69) is 0 Å². The van der Waals surface area contributed by atoms with Crippen molar-refractivity contribution in [2.75, 3.05) is 24.5 Å². The quantitative estimate of drug-likeness (QED) is 0.846. The summed E-state index contributed by atoms with van der Waals surface area (Å²) in [6, 6.07) is 11.7. The number of anilines is 1. The molecule has 1 aromatic carbocycles. The lowest BCUT2D eigenvalue weighted by atomic mass is 10.2. The standard InChI is InChI=1S/C16H20FN3O/c17-14-6-1-2-7-15(14)19(11-5-9-18)12-13-20-10-4-3-8-16(20)21/h1-4,6-8,10H,5,9,11-13,18H2. The fourth-order valence-corrected chi connectivity index (χ4v) is 2.22. The van der Waals surface area contributed by atoms with Crippen molar-refractivity contribution in [1.29, 1.82) is 0 Å². The van der Waals surface area contributed by atoms with Crippen molar-refractivity contribution in [2.24, 2.45) is 5.73 Å². The second kappa shape index (κ2) is 7.59. The predicted octanol–water partition coefficient (Wildman–Crippen LogP) is 1.84. The number of nitrogens with two attached hydrogens (primary N) is 1. The number of hydrogen-bond acceptors (Lipinski definition) is 3. The van der Waals surface area contributed by atoms with Gasteiger partial charge in [0.2, 0.25) is 0 Å². The molecule has 1 aromatic heterocycles. The monoisotopic (exact) mass is 289 g/mol. The van der Waals surface area contributed by atoms with Crippen LogP contribution in [0.15, 0.2) is 53.5 Å². The van der Waals surface area contributed by atoms with Crippen LogP contribution in [0, 0.1) is 5.82 Å². The van der Waals surface area contributed by atoms with Crippen LogP contribution in [0.1, 0.15) is 6.42 Å². The van der Waals surface area contributed by atoms with E-state index in [-0.39, 0.29) is 11.4 Å². The maximum atomic E-state index is 13.9. The Labute approximate surface area is 123 Å². The van der Waals surface area contributed by atoms with Crippen LogP contribution in [0.3, 0.4) is 0 Å². The molecule has 0 aliphatic rings. The van der Waals surface area contributed by atoms with E-state index >= 15 is 0 Å². The van der Waals surface area contributed by atoms with Crippen LogP contribution in [-0.2, 0) is 6.54 Å². The van der Waals surface area contributed by atoms with Gasteiger partial charge in [-0.05, 0) is 31.2 Å². The van der Waals surface area contributed by atoms with E-state index in [9.17, 15) is 9.18 Å². The molecule has 0 radical (unpaired) electrons. The predicted molar refractivity (Wildman–Crippen MR) is 83.0 cm³/mol. The number of pyridine rings is 1. The molecule has 0 saturated carbocycles. The lowest BCUT2D eigenvalue weighted by Gasteiger charge is -2.25. The molecule has 0 spiro atoms. The Hall–Kier alpha value is -2.14. The molecule has 0 bridgehead atoms. The smallest absolute Gasteiger partial charge is 0.250 e. The molecule has 0 unspecified atom stereocenters. The molecular weight excluding hydrogens is 269 g/mol. The van der Waals surface area contributed by atoms with Gasteiger partial charge in [-0.2, -0.15) is 0 Å². The highest BCUT2D eigenvalue weighted by atomic mass is 19.1. The molecule has 112 valence electrons. The molecule has 4 nitrogen and oxygen atoms in total. The normalized spacial score (nSPS) is 10.6. The van der Waals surface area contributed by atoms with Crippen LogP contribution < -0.4 is 16.2 Å². The number of rotatable bonds is 7. The van der Waals surface area contributed by atoms with Crippen LogP contribution in [0.5, 0.6) is 0 Å². The molecule has 2 aromatic rings. The van der Waals surface area contributed by atoms with Gasteiger partial charge in [-0.25, -0.2) is 4.39 Å². The van der Waals surface area contributed by atoms with E-state index in [0.29, 0.717) is 31.9 Å². The summed E-state index contributed by atoms with van der Waals surface area (Å²) in [5, 5.41) is 0. The van der Waals surface area contributed by atoms with Crippen LogP contribution in [0.4, 0.5) is 10.1 Å². The van der Waals surface area contributed by atoms with Crippen LogP contribution >= 0.6 is 0 Å². The summed E-state index contributed by atoms with van der Waals surface area (Å²) >= 11 is 0. The molecule has 2 rings (SSSR count). The summed E-state index contributed by atoms with van der Waals surface area (Å²) in [5.41, 5.74) is 6.05. The number of halogens is 1. The van der Waals surface area contributed by atoms with Crippen molar-refractivity contribution in [1.82, 2.24) is 4.57 Å². The van der Waals surface area contributed by atoms with Gasteiger partial charge in [-0.15, -0.1) is 0 Å². The fourth-order valence-electron chi connectivity index (χ4n) is 2.22. The Morgan fingerprint density at radius 2 is 1.86 bits per heavy atom. The zero-order chi connectivity index (χ0) is 15.1. The van der Waals surface area contributed by atoms with Gasteiger partial charge >= 0.3 is 0 Å². The second-order valence-corrected chi connectivity index (χ2v) is 4.81. The maximum absolute atomic E-state index is 13.9. The highest BCUT2D eigenvalue weighted by molar-refractivity contribution is 5.47. The summed E-state index contributed by atoms with van der Waals surface area (Å²) in [4.78, 5) is 13.6. The van der Waals surface area contributed by atoms with E-state index in [1.165, 1.54) is 12.1 Å². The van der Waals surface area contributed by atoms with Gasteiger partial charge in [0.1, 0.15) is 5.82 Å². The van der Waals surface area contributed by atoms with Crippen LogP contribution in [-0.4, -0.2) is 24.2 Å². The highest BCUT2D eigenvalue weighted by Gasteiger charge is 2.10. The Kier molecular flexibility index (Phi) is 5.51. The fraction of sp³-hybridized carbons (Fsp3) is 0.312. The van der Waals surface area contributed by atoms with Gasteiger partial charge in [-0.1, -0.05) is 18.2 Å². The molecule has 0 saturated heterocycles.